The molecule has 21 heavy (non-hydrogen) atoms. The lowest BCUT2D eigenvalue weighted by Crippen LogP contribution is -2.13. The third kappa shape index (κ3) is 3.73. The number of aromatic nitrogens is 3. The predicted molar refractivity (Wildman–Crippen MR) is 80.5 cm³/mol. The summed E-state index contributed by atoms with van der Waals surface area (Å²) in [5.41, 5.74) is 6.54. The fourth-order valence-corrected chi connectivity index (χ4v) is 2.44. The Hall–Kier alpha value is -2.53. The van der Waals surface area contributed by atoms with Gasteiger partial charge in [0.2, 0.25) is 11.9 Å². The third-order valence-corrected chi connectivity index (χ3v) is 3.77. The van der Waals surface area contributed by atoms with Crippen molar-refractivity contribution in [1.29, 1.82) is 5.26 Å². The van der Waals surface area contributed by atoms with Crippen LogP contribution < -0.4 is 11.1 Å². The Morgan fingerprint density at radius 3 is 2.90 bits per heavy atom. The molecule has 0 bridgehead atoms. The molecule has 1 heterocycles. The molecule has 1 aromatic carbocycles. The highest BCUT2D eigenvalue weighted by Gasteiger charge is 2.09. The van der Waals surface area contributed by atoms with E-state index >= 15 is 0 Å². The van der Waals surface area contributed by atoms with Crippen LogP contribution in [0.1, 0.15) is 12.0 Å². The normalized spacial score (nSPS) is 10.1. The molecule has 0 radical (unpaired) electrons. The first-order chi connectivity index (χ1) is 10.1. The Morgan fingerprint density at radius 1 is 1.48 bits per heavy atom. The average molecular weight is 302 g/mol. The lowest BCUT2D eigenvalue weighted by Gasteiger charge is -2.06. The van der Waals surface area contributed by atoms with Gasteiger partial charge in [-0.15, -0.1) is 10.2 Å². The molecule has 0 aliphatic heterocycles. The number of nitrogens with zero attached hydrogens (tertiary/aromatic N) is 4. The van der Waals surface area contributed by atoms with Crippen LogP contribution in [0.2, 0.25) is 0 Å². The maximum absolute atomic E-state index is 11.9. The van der Waals surface area contributed by atoms with Crippen molar-refractivity contribution in [2.45, 2.75) is 11.6 Å². The van der Waals surface area contributed by atoms with Crippen LogP contribution in [-0.4, -0.2) is 26.4 Å². The molecule has 108 valence electrons. The number of rotatable bonds is 5. The van der Waals surface area contributed by atoms with E-state index in [2.05, 4.69) is 15.5 Å². The molecule has 7 nitrogen and oxygen atoms in total. The number of hydrogen-bond donors (Lipinski definition) is 2. The molecule has 0 aliphatic carbocycles. The molecule has 1 amide bonds. The largest absolute Gasteiger partial charge is 0.368 e. The van der Waals surface area contributed by atoms with E-state index < -0.39 is 0 Å². The van der Waals surface area contributed by atoms with E-state index in [0.717, 1.165) is 0 Å². The Bertz CT molecular complexity index is 690. The van der Waals surface area contributed by atoms with Crippen molar-refractivity contribution in [1.82, 2.24) is 14.8 Å². The first kappa shape index (κ1) is 14.9. The number of nitriles is 1. The summed E-state index contributed by atoms with van der Waals surface area (Å²) in [7, 11) is 1.76. The number of para-hydroxylation sites is 1. The molecule has 8 heteroatoms. The first-order valence-electron chi connectivity index (χ1n) is 6.18. The summed E-state index contributed by atoms with van der Waals surface area (Å²) in [5.74, 6) is 0.734. The van der Waals surface area contributed by atoms with Crippen molar-refractivity contribution >= 4 is 29.3 Å². The highest BCUT2D eigenvalue weighted by molar-refractivity contribution is 7.99. The topological polar surface area (TPSA) is 110 Å². The lowest BCUT2D eigenvalue weighted by atomic mass is 10.2. The minimum absolute atomic E-state index is 0.152. The summed E-state index contributed by atoms with van der Waals surface area (Å²) in [4.78, 5) is 11.9. The molecule has 0 fully saturated rings. The van der Waals surface area contributed by atoms with Crippen molar-refractivity contribution in [2.75, 3.05) is 16.8 Å². The number of anilines is 2. The Balaban J connectivity index is 1.85. The molecule has 3 N–H and O–H groups in total. The Labute approximate surface area is 126 Å². The number of benzene rings is 1. The van der Waals surface area contributed by atoms with Crippen LogP contribution in [0.4, 0.5) is 11.6 Å². The zero-order valence-corrected chi connectivity index (χ0v) is 12.2. The maximum Gasteiger partial charge on any atom is 0.225 e. The molecular weight excluding hydrogens is 288 g/mol. The molecule has 2 rings (SSSR count). The quantitative estimate of drug-likeness (QED) is 0.808. The highest BCUT2D eigenvalue weighted by atomic mass is 32.2. The van der Waals surface area contributed by atoms with Gasteiger partial charge in [-0.2, -0.15) is 5.26 Å². The summed E-state index contributed by atoms with van der Waals surface area (Å²) in [6.07, 6.45) is 0.303. The lowest BCUT2D eigenvalue weighted by molar-refractivity contribution is -0.115. The van der Waals surface area contributed by atoms with Crippen LogP contribution in [0, 0.1) is 11.3 Å². The Morgan fingerprint density at radius 2 is 2.24 bits per heavy atom. The molecule has 0 spiro atoms. The SMILES string of the molecule is Cn1c(N)nnc1SCCC(=O)Nc1ccccc1C#N. The van der Waals surface area contributed by atoms with Crippen LogP contribution in [0.25, 0.3) is 0 Å². The number of thioether (sulfide) groups is 1. The molecule has 0 saturated carbocycles. The highest BCUT2D eigenvalue weighted by Crippen LogP contribution is 2.18. The van der Waals surface area contributed by atoms with Gasteiger partial charge in [0, 0.05) is 19.2 Å². The van der Waals surface area contributed by atoms with Gasteiger partial charge in [-0.1, -0.05) is 23.9 Å². The second-order valence-electron chi connectivity index (χ2n) is 4.20. The van der Waals surface area contributed by atoms with Crippen LogP contribution in [0.15, 0.2) is 29.4 Å². The summed E-state index contributed by atoms with van der Waals surface area (Å²) in [5, 5.41) is 20.0. The van der Waals surface area contributed by atoms with Crippen molar-refractivity contribution in [2.24, 2.45) is 7.05 Å². The average Bonchev–Trinajstić information content (AvgIpc) is 2.80. The number of nitrogens with one attached hydrogen (secondary N) is 1. The van der Waals surface area contributed by atoms with Crippen LogP contribution in [0.5, 0.6) is 0 Å². The van der Waals surface area contributed by atoms with E-state index in [9.17, 15) is 4.79 Å². The fourth-order valence-electron chi connectivity index (χ4n) is 1.59. The maximum atomic E-state index is 11.9. The molecule has 0 saturated heterocycles. The predicted octanol–water partition coefficient (Wildman–Crippen LogP) is 1.39. The number of nitrogens with two attached hydrogens (primary N) is 1. The molecule has 0 unspecified atom stereocenters. The minimum Gasteiger partial charge on any atom is -0.368 e. The standard InChI is InChI=1S/C13H14N6OS/c1-19-12(15)17-18-13(19)21-7-6-11(20)16-10-5-3-2-4-9(10)8-14/h2-5H,6-7H2,1H3,(H2,15,17)(H,16,20). The van der Waals surface area contributed by atoms with Crippen LogP contribution in [0.3, 0.4) is 0 Å². The zero-order chi connectivity index (χ0) is 15.2. The first-order valence-corrected chi connectivity index (χ1v) is 7.17. The van der Waals surface area contributed by atoms with Gasteiger partial charge < -0.3 is 11.1 Å². The van der Waals surface area contributed by atoms with Gasteiger partial charge in [0.15, 0.2) is 5.16 Å². The van der Waals surface area contributed by atoms with Crippen molar-refractivity contribution < 1.29 is 4.79 Å². The summed E-state index contributed by atoms with van der Waals surface area (Å²) >= 11 is 1.40. The number of carbonyl (C=O) groups excluding carboxylic acids is 1. The van der Waals surface area contributed by atoms with E-state index in [0.29, 0.717) is 34.5 Å². The van der Waals surface area contributed by atoms with E-state index in [4.69, 9.17) is 11.0 Å². The zero-order valence-electron chi connectivity index (χ0n) is 11.4. The summed E-state index contributed by atoms with van der Waals surface area (Å²) in [6.45, 7) is 0. The molecule has 0 aliphatic rings. The van der Waals surface area contributed by atoms with Crippen LogP contribution >= 0.6 is 11.8 Å². The fraction of sp³-hybridized carbons (Fsp3) is 0.231. The van der Waals surface area contributed by atoms with Crippen molar-refractivity contribution in [3.8, 4) is 6.07 Å². The third-order valence-electron chi connectivity index (χ3n) is 2.75. The monoisotopic (exact) mass is 302 g/mol. The second kappa shape index (κ2) is 6.76. The Kier molecular flexibility index (Phi) is 4.79. The molecule has 2 aromatic rings. The second-order valence-corrected chi connectivity index (χ2v) is 5.27. The number of hydrogen-bond acceptors (Lipinski definition) is 6. The molecule has 0 atom stereocenters. The van der Waals surface area contributed by atoms with Crippen molar-refractivity contribution in [3.05, 3.63) is 29.8 Å². The number of nitrogen functional groups attached to an aromatic ring is 1. The molecule has 1 aromatic heterocycles. The smallest absolute Gasteiger partial charge is 0.225 e. The van der Waals surface area contributed by atoms with Gasteiger partial charge in [0.1, 0.15) is 6.07 Å². The van der Waals surface area contributed by atoms with Gasteiger partial charge in [0.05, 0.1) is 11.3 Å². The summed E-state index contributed by atoms with van der Waals surface area (Å²) in [6, 6.07) is 8.92. The number of amides is 1. The van der Waals surface area contributed by atoms with Gasteiger partial charge in [-0.3, -0.25) is 9.36 Å². The summed E-state index contributed by atoms with van der Waals surface area (Å²) < 4.78 is 1.66. The molecular formula is C13H14N6OS. The van der Waals surface area contributed by atoms with E-state index in [1.165, 1.54) is 11.8 Å². The number of carbonyl (C=O) groups is 1. The minimum atomic E-state index is -0.152. The van der Waals surface area contributed by atoms with Gasteiger partial charge >= 0.3 is 0 Å². The van der Waals surface area contributed by atoms with Gasteiger partial charge in [0.25, 0.3) is 0 Å². The van der Waals surface area contributed by atoms with E-state index in [1.54, 1.807) is 35.9 Å². The van der Waals surface area contributed by atoms with Crippen molar-refractivity contribution in [3.63, 3.8) is 0 Å². The van der Waals surface area contributed by atoms with Crippen LogP contribution in [-0.2, 0) is 11.8 Å². The van der Waals surface area contributed by atoms with Gasteiger partial charge in [-0.25, -0.2) is 0 Å². The van der Waals surface area contributed by atoms with Gasteiger partial charge in [-0.05, 0) is 12.1 Å². The van der Waals surface area contributed by atoms with E-state index in [1.807, 2.05) is 6.07 Å². The van der Waals surface area contributed by atoms with E-state index in [-0.39, 0.29) is 5.91 Å².